The van der Waals surface area contributed by atoms with Crippen molar-refractivity contribution in [1.82, 2.24) is 4.90 Å². The molecule has 3 rings (SSSR count). The van der Waals surface area contributed by atoms with Crippen LogP contribution in [0.25, 0.3) is 0 Å². The number of ether oxygens (including phenoxy) is 2. The Morgan fingerprint density at radius 2 is 1.94 bits per heavy atom. The molecule has 1 fully saturated rings. The highest BCUT2D eigenvalue weighted by Crippen LogP contribution is 2.25. The van der Waals surface area contributed by atoms with Crippen LogP contribution in [0.3, 0.4) is 0 Å². The number of aryl methyl sites for hydroxylation is 1. The first-order chi connectivity index (χ1) is 15.0. The van der Waals surface area contributed by atoms with Crippen molar-refractivity contribution in [2.75, 3.05) is 32.6 Å². The normalized spacial score (nSPS) is 16.0. The summed E-state index contributed by atoms with van der Waals surface area (Å²) in [5.74, 6) is 1.99. The smallest absolute Gasteiger partial charge is 0.227 e. The van der Waals surface area contributed by atoms with E-state index >= 15 is 0 Å². The molecule has 6 heteroatoms. The Morgan fingerprint density at radius 1 is 1.13 bits per heavy atom. The topological polar surface area (TPSA) is 67.9 Å². The number of methoxy groups -OCH3 is 2. The first kappa shape index (κ1) is 22.7. The van der Waals surface area contributed by atoms with Crippen LogP contribution >= 0.6 is 0 Å². The summed E-state index contributed by atoms with van der Waals surface area (Å²) in [6.07, 6.45) is 3.59. The van der Waals surface area contributed by atoms with Crippen LogP contribution in [-0.2, 0) is 16.0 Å². The summed E-state index contributed by atoms with van der Waals surface area (Å²) >= 11 is 0. The van der Waals surface area contributed by atoms with Crippen LogP contribution in [0.4, 0.5) is 5.69 Å². The fraction of sp³-hybridized carbons (Fsp3) is 0.440. The van der Waals surface area contributed by atoms with E-state index in [2.05, 4.69) is 5.32 Å². The van der Waals surface area contributed by atoms with E-state index in [4.69, 9.17) is 9.47 Å². The zero-order chi connectivity index (χ0) is 22.2. The summed E-state index contributed by atoms with van der Waals surface area (Å²) in [6, 6.07) is 13.3. The Morgan fingerprint density at radius 3 is 2.68 bits per heavy atom. The number of anilines is 1. The third-order valence-electron chi connectivity index (χ3n) is 5.89. The molecular weight excluding hydrogens is 392 g/mol. The second-order valence-corrected chi connectivity index (χ2v) is 8.10. The van der Waals surface area contributed by atoms with Gasteiger partial charge in [-0.3, -0.25) is 9.59 Å². The van der Waals surface area contributed by atoms with E-state index < -0.39 is 0 Å². The molecule has 6 nitrogen and oxygen atoms in total. The van der Waals surface area contributed by atoms with Crippen LogP contribution in [-0.4, -0.2) is 44.0 Å². The Kier molecular flexibility index (Phi) is 7.93. The molecule has 0 saturated carbocycles. The number of benzene rings is 2. The zero-order valence-electron chi connectivity index (χ0n) is 18.6. The summed E-state index contributed by atoms with van der Waals surface area (Å²) in [4.78, 5) is 27.2. The van der Waals surface area contributed by atoms with E-state index in [1.54, 1.807) is 14.2 Å². The number of likely N-dealkylation sites (tertiary alicyclic amines) is 1. The van der Waals surface area contributed by atoms with Gasteiger partial charge < -0.3 is 19.7 Å². The van der Waals surface area contributed by atoms with Crippen molar-refractivity contribution in [1.29, 1.82) is 0 Å². The number of para-hydroxylation sites is 1. The van der Waals surface area contributed by atoms with Gasteiger partial charge in [0.25, 0.3) is 0 Å². The number of carbonyl (C=O) groups excluding carboxylic acids is 2. The van der Waals surface area contributed by atoms with Gasteiger partial charge in [0, 0.05) is 30.8 Å². The number of rotatable bonds is 8. The molecule has 0 aromatic heterocycles. The van der Waals surface area contributed by atoms with E-state index in [0.29, 0.717) is 25.3 Å². The van der Waals surface area contributed by atoms with E-state index in [1.807, 2.05) is 54.3 Å². The fourth-order valence-corrected chi connectivity index (χ4v) is 4.10. The van der Waals surface area contributed by atoms with Crippen LogP contribution in [0.2, 0.25) is 0 Å². The Labute approximate surface area is 184 Å². The predicted molar refractivity (Wildman–Crippen MR) is 122 cm³/mol. The zero-order valence-corrected chi connectivity index (χ0v) is 18.6. The highest BCUT2D eigenvalue weighted by molar-refractivity contribution is 5.91. The fourth-order valence-electron chi connectivity index (χ4n) is 4.10. The molecule has 2 aromatic rings. The van der Waals surface area contributed by atoms with Crippen molar-refractivity contribution in [3.63, 3.8) is 0 Å². The van der Waals surface area contributed by atoms with Crippen molar-refractivity contribution >= 4 is 17.5 Å². The first-order valence-electron chi connectivity index (χ1n) is 10.8. The largest absolute Gasteiger partial charge is 0.497 e. The van der Waals surface area contributed by atoms with Gasteiger partial charge in [-0.25, -0.2) is 0 Å². The minimum absolute atomic E-state index is 0.00531. The molecule has 0 unspecified atom stereocenters. The van der Waals surface area contributed by atoms with Gasteiger partial charge in [0.05, 0.1) is 20.6 Å². The number of carbonyl (C=O) groups is 2. The Hall–Kier alpha value is -3.02. The minimum atomic E-state index is 0.00531. The molecule has 2 amide bonds. The maximum Gasteiger partial charge on any atom is 0.227 e. The van der Waals surface area contributed by atoms with E-state index in [0.717, 1.165) is 54.1 Å². The van der Waals surface area contributed by atoms with Gasteiger partial charge in [-0.15, -0.1) is 0 Å². The highest BCUT2D eigenvalue weighted by atomic mass is 16.5. The summed E-state index contributed by atoms with van der Waals surface area (Å²) in [5.41, 5.74) is 2.69. The lowest BCUT2D eigenvalue weighted by molar-refractivity contribution is -0.132. The van der Waals surface area contributed by atoms with Gasteiger partial charge in [-0.1, -0.05) is 18.2 Å². The lowest BCUT2D eigenvalue weighted by Crippen LogP contribution is -2.41. The van der Waals surface area contributed by atoms with Gasteiger partial charge in [0.2, 0.25) is 11.8 Å². The number of piperidine rings is 1. The quantitative estimate of drug-likeness (QED) is 0.689. The molecule has 166 valence electrons. The van der Waals surface area contributed by atoms with Crippen LogP contribution < -0.4 is 14.8 Å². The monoisotopic (exact) mass is 424 g/mol. The predicted octanol–water partition coefficient (Wildman–Crippen LogP) is 4.21. The number of hydrogen-bond acceptors (Lipinski definition) is 4. The molecular formula is C25H32N2O4. The number of amides is 2. The van der Waals surface area contributed by atoms with Crippen LogP contribution in [0.15, 0.2) is 42.5 Å². The Bertz CT molecular complexity index is 912. The van der Waals surface area contributed by atoms with Gasteiger partial charge in [0.15, 0.2) is 0 Å². The molecule has 0 bridgehead atoms. The Balaban J connectivity index is 1.49. The third kappa shape index (κ3) is 6.23. The second-order valence-electron chi connectivity index (χ2n) is 8.10. The second kappa shape index (κ2) is 10.8. The highest BCUT2D eigenvalue weighted by Gasteiger charge is 2.24. The van der Waals surface area contributed by atoms with Crippen LogP contribution in [0.5, 0.6) is 11.5 Å². The standard InChI is InChI=1S/C25H32N2O4/c1-18-15-21(30-2)11-12-22(18)26-24(28)13-10-19-7-6-14-27(17-19)25(29)16-20-8-4-5-9-23(20)31-3/h4-5,8-9,11-12,15,19H,6-7,10,13-14,16-17H2,1-3H3,(H,26,28)/t19-/m0/s1. The molecule has 1 heterocycles. The molecule has 1 aliphatic rings. The van der Waals surface area contributed by atoms with Crippen molar-refractivity contribution in [2.24, 2.45) is 5.92 Å². The third-order valence-corrected chi connectivity index (χ3v) is 5.89. The molecule has 31 heavy (non-hydrogen) atoms. The molecule has 0 aliphatic carbocycles. The number of nitrogens with one attached hydrogen (secondary N) is 1. The molecule has 2 aromatic carbocycles. The van der Waals surface area contributed by atoms with E-state index in [-0.39, 0.29) is 11.8 Å². The molecule has 0 radical (unpaired) electrons. The lowest BCUT2D eigenvalue weighted by atomic mass is 9.92. The van der Waals surface area contributed by atoms with Crippen molar-refractivity contribution < 1.29 is 19.1 Å². The van der Waals surface area contributed by atoms with Crippen molar-refractivity contribution in [3.8, 4) is 11.5 Å². The number of hydrogen-bond donors (Lipinski definition) is 1. The van der Waals surface area contributed by atoms with Crippen LogP contribution in [0.1, 0.15) is 36.8 Å². The van der Waals surface area contributed by atoms with Crippen molar-refractivity contribution in [3.05, 3.63) is 53.6 Å². The average molecular weight is 425 g/mol. The molecule has 1 saturated heterocycles. The van der Waals surface area contributed by atoms with Crippen LogP contribution in [0, 0.1) is 12.8 Å². The van der Waals surface area contributed by atoms with Crippen molar-refractivity contribution in [2.45, 2.75) is 39.0 Å². The van der Waals surface area contributed by atoms with Gasteiger partial charge in [-0.2, -0.15) is 0 Å². The molecule has 1 N–H and O–H groups in total. The number of nitrogens with zero attached hydrogens (tertiary/aromatic N) is 1. The van der Waals surface area contributed by atoms with Gasteiger partial charge in [-0.05, 0) is 61.9 Å². The first-order valence-corrected chi connectivity index (χ1v) is 10.8. The summed E-state index contributed by atoms with van der Waals surface area (Å²) in [6.45, 7) is 3.44. The summed E-state index contributed by atoms with van der Waals surface area (Å²) in [5, 5.41) is 2.99. The molecule has 1 atom stereocenters. The average Bonchev–Trinajstić information content (AvgIpc) is 2.79. The van der Waals surface area contributed by atoms with E-state index in [9.17, 15) is 9.59 Å². The van der Waals surface area contributed by atoms with Gasteiger partial charge >= 0.3 is 0 Å². The minimum Gasteiger partial charge on any atom is -0.497 e. The van der Waals surface area contributed by atoms with E-state index in [1.165, 1.54) is 0 Å². The summed E-state index contributed by atoms with van der Waals surface area (Å²) < 4.78 is 10.6. The molecule has 0 spiro atoms. The maximum absolute atomic E-state index is 12.8. The SMILES string of the molecule is COc1ccc(NC(=O)CC[C@@H]2CCCN(C(=O)Cc3ccccc3OC)C2)c(C)c1. The van der Waals surface area contributed by atoms with Gasteiger partial charge in [0.1, 0.15) is 11.5 Å². The maximum atomic E-state index is 12.8. The lowest BCUT2D eigenvalue weighted by Gasteiger charge is -2.33. The molecule has 1 aliphatic heterocycles. The summed E-state index contributed by atoms with van der Waals surface area (Å²) in [7, 11) is 3.25.